The number of likely N-dealkylation sites (tertiary alicyclic amines) is 1. The molecule has 0 aliphatic carbocycles. The number of rotatable bonds is 2. The van der Waals surface area contributed by atoms with E-state index in [9.17, 15) is 10.1 Å². The Kier molecular flexibility index (Phi) is 4.52. The monoisotopic (exact) mass is 268 g/mol. The quantitative estimate of drug-likeness (QED) is 0.764. The van der Waals surface area contributed by atoms with Crippen LogP contribution < -0.4 is 0 Å². The predicted molar refractivity (Wildman–Crippen MR) is 71.2 cm³/mol. The highest BCUT2D eigenvalue weighted by molar-refractivity contribution is 8.00. The average Bonchev–Trinajstić information content (AvgIpc) is 2.47. The lowest BCUT2D eigenvalue weighted by Crippen LogP contribution is -2.47. The van der Waals surface area contributed by atoms with Gasteiger partial charge >= 0.3 is 0 Å². The van der Waals surface area contributed by atoms with Crippen molar-refractivity contribution < 1.29 is 9.53 Å². The Morgan fingerprint density at radius 1 is 1.50 bits per heavy atom. The zero-order valence-electron chi connectivity index (χ0n) is 10.9. The molecule has 2 rings (SSSR count). The van der Waals surface area contributed by atoms with E-state index in [-0.39, 0.29) is 16.6 Å². The molecule has 0 aromatic carbocycles. The van der Waals surface area contributed by atoms with E-state index >= 15 is 0 Å². The van der Waals surface area contributed by atoms with Gasteiger partial charge in [-0.25, -0.2) is 0 Å². The smallest absolute Gasteiger partial charge is 0.228 e. The lowest BCUT2D eigenvalue weighted by molar-refractivity contribution is -0.140. The van der Waals surface area contributed by atoms with Crippen molar-refractivity contribution in [3.8, 4) is 6.07 Å². The maximum Gasteiger partial charge on any atom is 0.228 e. The Hall–Kier alpha value is -0.730. The molecule has 1 amide bonds. The molecular formula is C13H20N2O2S. The fourth-order valence-electron chi connectivity index (χ4n) is 2.64. The molecule has 2 heterocycles. The van der Waals surface area contributed by atoms with Crippen molar-refractivity contribution in [1.82, 2.24) is 4.90 Å². The van der Waals surface area contributed by atoms with Crippen LogP contribution in [-0.2, 0) is 9.53 Å². The van der Waals surface area contributed by atoms with Gasteiger partial charge in [0.2, 0.25) is 5.91 Å². The van der Waals surface area contributed by atoms with Crippen molar-refractivity contribution >= 4 is 17.7 Å². The Labute approximate surface area is 113 Å². The van der Waals surface area contributed by atoms with E-state index in [2.05, 4.69) is 6.07 Å². The number of piperidine rings is 1. The van der Waals surface area contributed by atoms with Gasteiger partial charge in [-0.15, -0.1) is 11.8 Å². The Morgan fingerprint density at radius 2 is 2.22 bits per heavy atom. The van der Waals surface area contributed by atoms with Crippen LogP contribution in [0.25, 0.3) is 0 Å². The first-order chi connectivity index (χ1) is 8.71. The Morgan fingerprint density at radius 3 is 2.72 bits per heavy atom. The molecule has 2 saturated heterocycles. The molecule has 2 fully saturated rings. The lowest BCUT2D eigenvalue weighted by atomic mass is 9.94. The van der Waals surface area contributed by atoms with Gasteiger partial charge in [0.1, 0.15) is 4.75 Å². The SMILES string of the molecule is CSC1(C#N)CCN(C(=O)C2CCCOC2)CC1. The van der Waals surface area contributed by atoms with Crippen LogP contribution in [0.5, 0.6) is 0 Å². The summed E-state index contributed by atoms with van der Waals surface area (Å²) in [5.41, 5.74) is 0. The first-order valence-electron chi connectivity index (χ1n) is 6.54. The highest BCUT2D eigenvalue weighted by atomic mass is 32.2. The standard InChI is InChI=1S/C13H20N2O2S/c1-18-13(10-14)4-6-15(7-5-13)12(16)11-3-2-8-17-9-11/h11H,2-9H2,1H3. The molecule has 0 aromatic rings. The summed E-state index contributed by atoms with van der Waals surface area (Å²) in [5, 5.41) is 9.22. The fourth-order valence-corrected chi connectivity index (χ4v) is 3.33. The van der Waals surface area contributed by atoms with Gasteiger partial charge in [0, 0.05) is 19.7 Å². The maximum atomic E-state index is 12.3. The van der Waals surface area contributed by atoms with Gasteiger partial charge in [0.25, 0.3) is 0 Å². The van der Waals surface area contributed by atoms with Gasteiger partial charge in [0.05, 0.1) is 18.6 Å². The number of carbonyl (C=O) groups is 1. The van der Waals surface area contributed by atoms with Crippen LogP contribution in [0.2, 0.25) is 0 Å². The van der Waals surface area contributed by atoms with E-state index in [0.717, 1.165) is 32.3 Å². The number of ether oxygens (including phenoxy) is 1. The molecule has 2 aliphatic heterocycles. The highest BCUT2D eigenvalue weighted by Gasteiger charge is 2.37. The van der Waals surface area contributed by atoms with Crippen LogP contribution in [0.1, 0.15) is 25.7 Å². The summed E-state index contributed by atoms with van der Waals surface area (Å²) >= 11 is 1.62. The van der Waals surface area contributed by atoms with Crippen LogP contribution in [0, 0.1) is 17.2 Å². The molecule has 2 aliphatic rings. The number of hydrogen-bond donors (Lipinski definition) is 0. The van der Waals surface area contributed by atoms with Gasteiger partial charge in [-0.2, -0.15) is 5.26 Å². The minimum Gasteiger partial charge on any atom is -0.381 e. The van der Waals surface area contributed by atoms with Crippen LogP contribution in [0.4, 0.5) is 0 Å². The van der Waals surface area contributed by atoms with Gasteiger partial charge in [0.15, 0.2) is 0 Å². The fraction of sp³-hybridized carbons (Fsp3) is 0.846. The van der Waals surface area contributed by atoms with E-state index in [0.29, 0.717) is 19.7 Å². The summed E-state index contributed by atoms with van der Waals surface area (Å²) in [6, 6.07) is 2.41. The van der Waals surface area contributed by atoms with Crippen molar-refractivity contribution in [2.75, 3.05) is 32.6 Å². The summed E-state index contributed by atoms with van der Waals surface area (Å²) < 4.78 is 5.10. The molecule has 0 N–H and O–H groups in total. The van der Waals surface area contributed by atoms with Gasteiger partial charge in [-0.3, -0.25) is 4.79 Å². The molecule has 100 valence electrons. The molecule has 0 radical (unpaired) electrons. The van der Waals surface area contributed by atoms with Crippen molar-refractivity contribution in [3.63, 3.8) is 0 Å². The predicted octanol–water partition coefficient (Wildman–Crippen LogP) is 1.66. The van der Waals surface area contributed by atoms with Crippen molar-refractivity contribution in [2.24, 2.45) is 5.92 Å². The summed E-state index contributed by atoms with van der Waals surface area (Å²) in [7, 11) is 0. The third kappa shape index (κ3) is 2.81. The van der Waals surface area contributed by atoms with Crippen LogP contribution in [-0.4, -0.2) is 48.1 Å². The van der Waals surface area contributed by atoms with E-state index < -0.39 is 0 Å². The second kappa shape index (κ2) is 5.94. The van der Waals surface area contributed by atoms with E-state index in [1.165, 1.54) is 0 Å². The first-order valence-corrected chi connectivity index (χ1v) is 7.76. The molecule has 0 saturated carbocycles. The Bertz CT molecular complexity index is 339. The van der Waals surface area contributed by atoms with Crippen molar-refractivity contribution in [1.29, 1.82) is 5.26 Å². The van der Waals surface area contributed by atoms with Gasteiger partial charge in [-0.05, 0) is 31.9 Å². The lowest BCUT2D eigenvalue weighted by Gasteiger charge is -2.38. The van der Waals surface area contributed by atoms with Gasteiger partial charge in [-0.1, -0.05) is 0 Å². The third-order valence-electron chi connectivity index (χ3n) is 3.99. The number of nitrogens with zero attached hydrogens (tertiary/aromatic N) is 2. The molecular weight excluding hydrogens is 248 g/mol. The van der Waals surface area contributed by atoms with Crippen molar-refractivity contribution in [2.45, 2.75) is 30.4 Å². The first kappa shape index (κ1) is 13.7. The number of thioether (sulfide) groups is 1. The molecule has 0 bridgehead atoms. The molecule has 5 heteroatoms. The zero-order valence-corrected chi connectivity index (χ0v) is 11.7. The highest BCUT2D eigenvalue weighted by Crippen LogP contribution is 2.34. The average molecular weight is 268 g/mol. The number of nitriles is 1. The number of carbonyl (C=O) groups excluding carboxylic acids is 1. The Balaban J connectivity index is 1.89. The van der Waals surface area contributed by atoms with Crippen LogP contribution >= 0.6 is 11.8 Å². The van der Waals surface area contributed by atoms with E-state index in [4.69, 9.17) is 4.74 Å². The maximum absolute atomic E-state index is 12.3. The summed E-state index contributed by atoms with van der Waals surface area (Å²) in [6.07, 6.45) is 5.47. The summed E-state index contributed by atoms with van der Waals surface area (Å²) in [4.78, 5) is 14.2. The molecule has 0 aromatic heterocycles. The van der Waals surface area contributed by atoms with Gasteiger partial charge < -0.3 is 9.64 Å². The third-order valence-corrected chi connectivity index (χ3v) is 5.27. The minimum absolute atomic E-state index is 0.0441. The normalized spacial score (nSPS) is 27.6. The molecule has 1 unspecified atom stereocenters. The minimum atomic E-state index is -0.278. The second-order valence-electron chi connectivity index (χ2n) is 5.05. The number of amides is 1. The topological polar surface area (TPSA) is 53.3 Å². The van der Waals surface area contributed by atoms with Crippen molar-refractivity contribution in [3.05, 3.63) is 0 Å². The van der Waals surface area contributed by atoms with Crippen LogP contribution in [0.15, 0.2) is 0 Å². The van der Waals surface area contributed by atoms with Crippen LogP contribution in [0.3, 0.4) is 0 Å². The van der Waals surface area contributed by atoms with E-state index in [1.54, 1.807) is 11.8 Å². The number of hydrogen-bond acceptors (Lipinski definition) is 4. The largest absolute Gasteiger partial charge is 0.381 e. The molecule has 4 nitrogen and oxygen atoms in total. The molecule has 1 atom stereocenters. The zero-order chi connectivity index (χ0) is 13.0. The summed E-state index contributed by atoms with van der Waals surface area (Å²) in [5.74, 6) is 0.268. The molecule has 0 spiro atoms. The van der Waals surface area contributed by atoms with E-state index in [1.807, 2.05) is 11.2 Å². The summed E-state index contributed by atoms with van der Waals surface area (Å²) in [6.45, 7) is 2.78. The molecule has 18 heavy (non-hydrogen) atoms. The second-order valence-corrected chi connectivity index (χ2v) is 6.24.